The molecule has 0 aliphatic carbocycles. The van der Waals surface area contributed by atoms with Gasteiger partial charge in [0, 0.05) is 0 Å². The quantitative estimate of drug-likeness (QED) is 0.384. The van der Waals surface area contributed by atoms with Crippen molar-refractivity contribution in [3.05, 3.63) is 31.7 Å². The summed E-state index contributed by atoms with van der Waals surface area (Å²) in [5.41, 5.74) is 0. The Hall–Kier alpha value is -0.520. The molecule has 0 saturated heterocycles. The second-order valence-corrected chi connectivity index (χ2v) is 1.66. The predicted octanol–water partition coefficient (Wildman–Crippen LogP) is 2.73. The molecule has 8 heavy (non-hydrogen) atoms. The molecule has 0 spiro atoms. The molecule has 0 N–H and O–H groups in total. The number of unbranched alkanes of at least 4 members (excludes halogenated alkanes) is 2. The number of allylic oxidation sites excluding steroid dienone is 3. The first-order valence-electron chi connectivity index (χ1n) is 2.98. The van der Waals surface area contributed by atoms with E-state index >= 15 is 0 Å². The summed E-state index contributed by atoms with van der Waals surface area (Å²) in [6.07, 6.45) is 9.22. The molecule has 0 aromatic heterocycles. The topological polar surface area (TPSA) is 0 Å². The fourth-order valence-electron chi connectivity index (χ4n) is 0.455. The van der Waals surface area contributed by atoms with Crippen LogP contribution in [0.15, 0.2) is 24.8 Å². The molecule has 0 aliphatic heterocycles. The number of hydrogen-bond donors (Lipinski definition) is 0. The van der Waals surface area contributed by atoms with Crippen LogP contribution in [-0.2, 0) is 0 Å². The summed E-state index contributed by atoms with van der Waals surface area (Å²) in [6.45, 7) is 7.28. The molecule has 0 nitrogen and oxygen atoms in total. The molecule has 0 atom stereocenters. The average Bonchev–Trinajstić information content (AvgIpc) is 1.81. The van der Waals surface area contributed by atoms with E-state index in [9.17, 15) is 0 Å². The van der Waals surface area contributed by atoms with Crippen LogP contribution >= 0.6 is 0 Å². The van der Waals surface area contributed by atoms with E-state index in [1.54, 1.807) is 6.08 Å². The largest absolute Gasteiger partial charge is 0.0991 e. The molecule has 0 rings (SSSR count). The van der Waals surface area contributed by atoms with E-state index in [0.29, 0.717) is 0 Å². The third-order valence-electron chi connectivity index (χ3n) is 0.893. The minimum Gasteiger partial charge on any atom is -0.0991 e. The van der Waals surface area contributed by atoms with Crippen LogP contribution in [-0.4, -0.2) is 0 Å². The molecule has 0 unspecified atom stereocenters. The molecule has 0 fully saturated rings. The van der Waals surface area contributed by atoms with Crippen LogP contribution in [0.2, 0.25) is 0 Å². The van der Waals surface area contributed by atoms with Crippen LogP contribution in [0.3, 0.4) is 0 Å². The summed E-state index contributed by atoms with van der Waals surface area (Å²) >= 11 is 0. The highest BCUT2D eigenvalue weighted by Crippen LogP contribution is 1.93. The summed E-state index contributed by atoms with van der Waals surface area (Å²) in [6, 6.07) is 0. The first-order chi connectivity index (χ1) is 3.91. The molecule has 0 heterocycles. The van der Waals surface area contributed by atoms with Crippen molar-refractivity contribution in [1.29, 1.82) is 0 Å². The van der Waals surface area contributed by atoms with Crippen molar-refractivity contribution >= 4 is 0 Å². The van der Waals surface area contributed by atoms with Gasteiger partial charge in [0.2, 0.25) is 0 Å². The van der Waals surface area contributed by atoms with E-state index in [1.807, 2.05) is 6.08 Å². The van der Waals surface area contributed by atoms with Crippen molar-refractivity contribution in [1.82, 2.24) is 0 Å². The Morgan fingerprint density at radius 1 is 1.38 bits per heavy atom. The average molecular weight is 109 g/mol. The maximum atomic E-state index is 3.72. The van der Waals surface area contributed by atoms with Gasteiger partial charge in [0.1, 0.15) is 0 Å². The van der Waals surface area contributed by atoms with E-state index in [-0.39, 0.29) is 0 Å². The van der Waals surface area contributed by atoms with E-state index < -0.39 is 0 Å². The van der Waals surface area contributed by atoms with Gasteiger partial charge in [-0.3, -0.25) is 0 Å². The lowest BCUT2D eigenvalue weighted by Gasteiger charge is -1.84. The van der Waals surface area contributed by atoms with E-state index in [4.69, 9.17) is 0 Å². The third kappa shape index (κ3) is 5.48. The van der Waals surface area contributed by atoms with Gasteiger partial charge in [0.15, 0.2) is 0 Å². The van der Waals surface area contributed by atoms with Crippen LogP contribution in [0, 0.1) is 6.92 Å². The lowest BCUT2D eigenvalue weighted by Crippen LogP contribution is -1.64. The molecule has 45 valence electrons. The summed E-state index contributed by atoms with van der Waals surface area (Å²) in [5.74, 6) is 0. The highest BCUT2D eigenvalue weighted by atomic mass is 13.8. The fourth-order valence-corrected chi connectivity index (χ4v) is 0.455. The normalized spacial score (nSPS) is 10.1. The monoisotopic (exact) mass is 109 g/mol. The molecular formula is C8H13. The van der Waals surface area contributed by atoms with Crippen molar-refractivity contribution in [2.24, 2.45) is 0 Å². The van der Waals surface area contributed by atoms with Crippen molar-refractivity contribution < 1.29 is 0 Å². The summed E-state index contributed by atoms with van der Waals surface area (Å²) in [5, 5.41) is 0. The summed E-state index contributed by atoms with van der Waals surface area (Å²) in [4.78, 5) is 0. The van der Waals surface area contributed by atoms with Crippen LogP contribution in [0.25, 0.3) is 0 Å². The van der Waals surface area contributed by atoms with Crippen molar-refractivity contribution in [3.8, 4) is 0 Å². The Balaban J connectivity index is 2.91. The minimum atomic E-state index is 1.03. The molecular weight excluding hydrogens is 96.1 g/mol. The number of rotatable bonds is 4. The molecule has 0 aliphatic rings. The van der Waals surface area contributed by atoms with E-state index in [0.717, 1.165) is 12.8 Å². The van der Waals surface area contributed by atoms with Gasteiger partial charge in [0.05, 0.1) is 0 Å². The van der Waals surface area contributed by atoms with Gasteiger partial charge in [-0.05, 0) is 12.8 Å². The molecule has 0 saturated carbocycles. The number of hydrogen-bond acceptors (Lipinski definition) is 0. The molecule has 0 aromatic rings. The van der Waals surface area contributed by atoms with Gasteiger partial charge < -0.3 is 0 Å². The third-order valence-corrected chi connectivity index (χ3v) is 0.893. The van der Waals surface area contributed by atoms with Gasteiger partial charge in [0.25, 0.3) is 0 Å². The first-order valence-corrected chi connectivity index (χ1v) is 2.98. The van der Waals surface area contributed by atoms with Crippen LogP contribution in [0.5, 0.6) is 0 Å². The van der Waals surface area contributed by atoms with Crippen molar-refractivity contribution in [3.63, 3.8) is 0 Å². The predicted molar refractivity (Wildman–Crippen MR) is 38.5 cm³/mol. The second kappa shape index (κ2) is 6.48. The molecule has 1 radical (unpaired) electrons. The minimum absolute atomic E-state index is 1.03. The summed E-state index contributed by atoms with van der Waals surface area (Å²) in [7, 11) is 0. The van der Waals surface area contributed by atoms with Crippen molar-refractivity contribution in [2.45, 2.75) is 19.3 Å². The van der Waals surface area contributed by atoms with Crippen LogP contribution in [0.1, 0.15) is 19.3 Å². The lowest BCUT2D eigenvalue weighted by molar-refractivity contribution is 0.866. The zero-order chi connectivity index (χ0) is 6.24. The van der Waals surface area contributed by atoms with Crippen molar-refractivity contribution in [2.75, 3.05) is 0 Å². The zero-order valence-electron chi connectivity index (χ0n) is 5.27. The SMILES string of the molecule is [CH2]CCC/C=C/C=C. The highest BCUT2D eigenvalue weighted by molar-refractivity contribution is 4.96. The smallest absolute Gasteiger partial charge is 0.0348 e. The van der Waals surface area contributed by atoms with Gasteiger partial charge in [-0.25, -0.2) is 0 Å². The molecule has 0 aromatic carbocycles. The van der Waals surface area contributed by atoms with E-state index in [1.165, 1.54) is 6.42 Å². The maximum absolute atomic E-state index is 3.72. The Morgan fingerprint density at radius 2 is 2.12 bits per heavy atom. The Labute approximate surface area is 51.9 Å². The Morgan fingerprint density at radius 3 is 2.62 bits per heavy atom. The molecule has 0 bridgehead atoms. The van der Waals surface area contributed by atoms with Crippen LogP contribution < -0.4 is 0 Å². The first kappa shape index (κ1) is 7.48. The zero-order valence-corrected chi connectivity index (χ0v) is 5.27. The second-order valence-electron chi connectivity index (χ2n) is 1.66. The molecule has 0 heteroatoms. The standard InChI is InChI=1S/C8H13/c1-3-5-7-8-6-4-2/h3,5,7H,1-2,4,6,8H2/b7-5+. The maximum Gasteiger partial charge on any atom is -0.0348 e. The van der Waals surface area contributed by atoms with E-state index in [2.05, 4.69) is 19.6 Å². The van der Waals surface area contributed by atoms with Gasteiger partial charge in [-0.15, -0.1) is 0 Å². The fraction of sp³-hybridized carbons (Fsp3) is 0.375. The molecule has 0 amide bonds. The Kier molecular flexibility index (Phi) is 6.06. The van der Waals surface area contributed by atoms with Gasteiger partial charge in [-0.2, -0.15) is 0 Å². The van der Waals surface area contributed by atoms with Gasteiger partial charge >= 0.3 is 0 Å². The Bertz CT molecular complexity index is 70.1. The van der Waals surface area contributed by atoms with Gasteiger partial charge in [-0.1, -0.05) is 38.2 Å². The van der Waals surface area contributed by atoms with Crippen LogP contribution in [0.4, 0.5) is 0 Å². The highest BCUT2D eigenvalue weighted by Gasteiger charge is 1.73. The lowest BCUT2D eigenvalue weighted by atomic mass is 10.2. The summed E-state index contributed by atoms with van der Waals surface area (Å²) < 4.78 is 0.